The standard InChI is InChI=1S/C11H16N4O4/c16-9-2-1-8(13-14-9)11(18)12-7-10(17)15-3-5-19-6-4-15/h1-7H2,(H,12,18)(H,14,16). The van der Waals surface area contributed by atoms with Gasteiger partial charge in [0.05, 0.1) is 19.8 Å². The predicted molar refractivity (Wildman–Crippen MR) is 65.2 cm³/mol. The van der Waals surface area contributed by atoms with Crippen molar-refractivity contribution in [3.05, 3.63) is 0 Å². The summed E-state index contributed by atoms with van der Waals surface area (Å²) in [5.41, 5.74) is 2.49. The van der Waals surface area contributed by atoms with Crippen molar-refractivity contribution in [2.45, 2.75) is 12.8 Å². The van der Waals surface area contributed by atoms with Gasteiger partial charge in [-0.1, -0.05) is 0 Å². The molecule has 0 aliphatic carbocycles. The van der Waals surface area contributed by atoms with Gasteiger partial charge in [0.2, 0.25) is 11.8 Å². The average Bonchev–Trinajstić information content (AvgIpc) is 2.46. The van der Waals surface area contributed by atoms with E-state index in [-0.39, 0.29) is 30.5 Å². The summed E-state index contributed by atoms with van der Waals surface area (Å²) < 4.78 is 5.14. The van der Waals surface area contributed by atoms with E-state index in [1.165, 1.54) is 0 Å². The first-order valence-electron chi connectivity index (χ1n) is 6.16. The number of rotatable bonds is 3. The van der Waals surface area contributed by atoms with Gasteiger partial charge in [-0.3, -0.25) is 14.4 Å². The van der Waals surface area contributed by atoms with Crippen LogP contribution in [0, 0.1) is 0 Å². The number of ether oxygens (including phenoxy) is 1. The topological polar surface area (TPSA) is 100 Å². The molecule has 2 heterocycles. The molecular formula is C11H16N4O4. The van der Waals surface area contributed by atoms with Gasteiger partial charge in [0.15, 0.2) is 0 Å². The highest BCUT2D eigenvalue weighted by Crippen LogP contribution is 2.00. The number of morpholine rings is 1. The third-order valence-electron chi connectivity index (χ3n) is 2.93. The van der Waals surface area contributed by atoms with E-state index in [0.29, 0.717) is 32.7 Å². The normalized spacial score (nSPS) is 19.5. The Kier molecular flexibility index (Phi) is 4.45. The van der Waals surface area contributed by atoms with Crippen molar-refractivity contribution < 1.29 is 19.1 Å². The maximum Gasteiger partial charge on any atom is 0.267 e. The van der Waals surface area contributed by atoms with Crippen LogP contribution in [-0.4, -0.2) is 61.2 Å². The van der Waals surface area contributed by atoms with Crippen molar-refractivity contribution in [1.82, 2.24) is 15.6 Å². The van der Waals surface area contributed by atoms with E-state index in [1.54, 1.807) is 4.90 Å². The van der Waals surface area contributed by atoms with Crippen LogP contribution in [0.4, 0.5) is 0 Å². The van der Waals surface area contributed by atoms with Gasteiger partial charge in [0, 0.05) is 25.9 Å². The largest absolute Gasteiger partial charge is 0.378 e. The lowest BCUT2D eigenvalue weighted by Gasteiger charge is -2.26. The molecule has 0 atom stereocenters. The van der Waals surface area contributed by atoms with E-state index in [0.717, 1.165) is 0 Å². The van der Waals surface area contributed by atoms with Gasteiger partial charge >= 0.3 is 0 Å². The highest BCUT2D eigenvalue weighted by atomic mass is 16.5. The molecule has 8 heteroatoms. The fourth-order valence-electron chi connectivity index (χ4n) is 1.82. The number of amides is 3. The molecule has 2 aliphatic heterocycles. The van der Waals surface area contributed by atoms with Gasteiger partial charge in [-0.05, 0) is 0 Å². The van der Waals surface area contributed by atoms with Crippen LogP contribution in [0.5, 0.6) is 0 Å². The van der Waals surface area contributed by atoms with Gasteiger partial charge in [-0.25, -0.2) is 5.43 Å². The summed E-state index contributed by atoms with van der Waals surface area (Å²) in [4.78, 5) is 36.0. The maximum atomic E-state index is 11.8. The highest BCUT2D eigenvalue weighted by molar-refractivity contribution is 6.39. The number of carbonyl (C=O) groups excluding carboxylic acids is 3. The molecule has 1 fully saturated rings. The van der Waals surface area contributed by atoms with Crippen molar-refractivity contribution in [1.29, 1.82) is 0 Å². The third kappa shape index (κ3) is 3.75. The summed E-state index contributed by atoms with van der Waals surface area (Å²) in [6.07, 6.45) is 0.535. The Bertz CT molecular complexity index is 415. The zero-order valence-corrected chi connectivity index (χ0v) is 10.5. The Morgan fingerprint density at radius 2 is 2.05 bits per heavy atom. The summed E-state index contributed by atoms with van der Waals surface area (Å²) in [5.74, 6) is -0.764. The third-order valence-corrected chi connectivity index (χ3v) is 2.93. The van der Waals surface area contributed by atoms with E-state index < -0.39 is 5.91 Å². The van der Waals surface area contributed by atoms with Crippen LogP contribution < -0.4 is 10.7 Å². The van der Waals surface area contributed by atoms with Gasteiger partial charge < -0.3 is 15.0 Å². The molecule has 0 aromatic carbocycles. The summed E-state index contributed by atoms with van der Waals surface area (Å²) in [6.45, 7) is 2.08. The van der Waals surface area contributed by atoms with E-state index in [1.807, 2.05) is 0 Å². The second kappa shape index (κ2) is 6.28. The molecule has 0 aromatic rings. The molecule has 8 nitrogen and oxygen atoms in total. The minimum atomic E-state index is -0.415. The zero-order valence-electron chi connectivity index (χ0n) is 10.5. The summed E-state index contributed by atoms with van der Waals surface area (Å²) >= 11 is 0. The van der Waals surface area contributed by atoms with Crippen LogP contribution in [0.15, 0.2) is 5.10 Å². The fourth-order valence-corrected chi connectivity index (χ4v) is 1.82. The smallest absolute Gasteiger partial charge is 0.267 e. The molecule has 19 heavy (non-hydrogen) atoms. The lowest BCUT2D eigenvalue weighted by Crippen LogP contribution is -2.47. The van der Waals surface area contributed by atoms with Crippen LogP contribution in [0.2, 0.25) is 0 Å². The van der Waals surface area contributed by atoms with E-state index in [4.69, 9.17) is 4.74 Å². The number of hydrogen-bond acceptors (Lipinski definition) is 5. The van der Waals surface area contributed by atoms with Crippen molar-refractivity contribution in [3.8, 4) is 0 Å². The first-order valence-corrected chi connectivity index (χ1v) is 6.16. The maximum absolute atomic E-state index is 11.8. The molecule has 0 bridgehead atoms. The SMILES string of the molecule is O=C1CCC(C(=O)NCC(=O)N2CCOCC2)=NN1. The minimum absolute atomic E-state index is 0.0637. The highest BCUT2D eigenvalue weighted by Gasteiger charge is 2.21. The number of nitrogens with zero attached hydrogens (tertiary/aromatic N) is 2. The number of hydrogen-bond donors (Lipinski definition) is 2. The number of nitrogens with one attached hydrogen (secondary N) is 2. The van der Waals surface area contributed by atoms with E-state index in [2.05, 4.69) is 15.8 Å². The Hall–Kier alpha value is -1.96. The molecular weight excluding hydrogens is 252 g/mol. The molecule has 104 valence electrons. The first-order chi connectivity index (χ1) is 9.16. The van der Waals surface area contributed by atoms with Crippen molar-refractivity contribution in [2.24, 2.45) is 5.10 Å². The molecule has 2 rings (SSSR count). The van der Waals surface area contributed by atoms with Crippen LogP contribution in [0.25, 0.3) is 0 Å². The molecule has 3 amide bonds. The van der Waals surface area contributed by atoms with Gasteiger partial charge in [0.1, 0.15) is 5.71 Å². The fraction of sp³-hybridized carbons (Fsp3) is 0.636. The number of hydrazone groups is 1. The predicted octanol–water partition coefficient (Wildman–Crippen LogP) is -1.77. The monoisotopic (exact) mass is 268 g/mol. The van der Waals surface area contributed by atoms with Gasteiger partial charge in [-0.15, -0.1) is 0 Å². The van der Waals surface area contributed by atoms with Crippen molar-refractivity contribution in [3.63, 3.8) is 0 Å². The molecule has 0 radical (unpaired) electrons. The summed E-state index contributed by atoms with van der Waals surface area (Å²) in [5, 5.41) is 6.17. The number of carbonyl (C=O) groups is 3. The van der Waals surface area contributed by atoms with Crippen LogP contribution in [0.3, 0.4) is 0 Å². The molecule has 0 saturated carbocycles. The second-order valence-corrected chi connectivity index (χ2v) is 4.27. The van der Waals surface area contributed by atoms with E-state index in [9.17, 15) is 14.4 Å². The van der Waals surface area contributed by atoms with Crippen molar-refractivity contribution >= 4 is 23.4 Å². The van der Waals surface area contributed by atoms with Crippen LogP contribution in [0.1, 0.15) is 12.8 Å². The molecule has 0 unspecified atom stereocenters. The molecule has 2 aliphatic rings. The molecule has 0 spiro atoms. The molecule has 0 aromatic heterocycles. The zero-order chi connectivity index (χ0) is 13.7. The minimum Gasteiger partial charge on any atom is -0.378 e. The van der Waals surface area contributed by atoms with E-state index >= 15 is 0 Å². The second-order valence-electron chi connectivity index (χ2n) is 4.27. The van der Waals surface area contributed by atoms with Gasteiger partial charge in [0.25, 0.3) is 5.91 Å². The van der Waals surface area contributed by atoms with Crippen LogP contribution in [-0.2, 0) is 19.1 Å². The molecule has 1 saturated heterocycles. The Morgan fingerprint density at radius 1 is 1.32 bits per heavy atom. The Morgan fingerprint density at radius 3 is 2.68 bits per heavy atom. The Balaban J connectivity index is 1.76. The lowest BCUT2D eigenvalue weighted by molar-refractivity contribution is -0.135. The van der Waals surface area contributed by atoms with Gasteiger partial charge in [-0.2, -0.15) is 5.10 Å². The summed E-state index contributed by atoms with van der Waals surface area (Å²) in [6, 6.07) is 0. The van der Waals surface area contributed by atoms with Crippen molar-refractivity contribution in [2.75, 3.05) is 32.8 Å². The Labute approximate surface area is 110 Å². The lowest BCUT2D eigenvalue weighted by atomic mass is 10.1. The first kappa shape index (κ1) is 13.5. The molecule has 2 N–H and O–H groups in total. The summed E-state index contributed by atoms with van der Waals surface area (Å²) in [7, 11) is 0. The quantitative estimate of drug-likeness (QED) is 0.632. The average molecular weight is 268 g/mol. The van der Waals surface area contributed by atoms with Crippen LogP contribution >= 0.6 is 0 Å².